The van der Waals surface area contributed by atoms with Crippen LogP contribution < -0.4 is 19.6 Å². The quantitative estimate of drug-likeness (QED) is 0.435. The Labute approximate surface area is 191 Å². The Hall–Kier alpha value is -3.78. The van der Waals surface area contributed by atoms with Crippen LogP contribution in [0.1, 0.15) is 11.1 Å². The van der Waals surface area contributed by atoms with Crippen molar-refractivity contribution < 1.29 is 22.3 Å². The van der Waals surface area contributed by atoms with Crippen molar-refractivity contribution in [3.8, 4) is 22.8 Å². The molecule has 170 valence electrons. The normalized spacial score (nSPS) is 11.4. The van der Waals surface area contributed by atoms with Gasteiger partial charge in [0.25, 0.3) is 10.0 Å². The van der Waals surface area contributed by atoms with Crippen molar-refractivity contribution in [2.24, 2.45) is 0 Å². The molecule has 0 atom stereocenters. The van der Waals surface area contributed by atoms with E-state index in [1.54, 1.807) is 54.6 Å². The predicted octanol–water partition coefficient (Wildman–Crippen LogP) is 4.89. The first-order chi connectivity index (χ1) is 15.7. The molecule has 0 radical (unpaired) electrons. The third-order valence-electron chi connectivity index (χ3n) is 5.43. The summed E-state index contributed by atoms with van der Waals surface area (Å²) in [4.78, 5) is 12.6. The number of rotatable bonds is 6. The van der Waals surface area contributed by atoms with Gasteiger partial charge in [0, 0.05) is 17.3 Å². The van der Waals surface area contributed by atoms with Crippen LogP contribution in [0.15, 0.2) is 74.8 Å². The number of hydrogen-bond acceptors (Lipinski definition) is 6. The van der Waals surface area contributed by atoms with Crippen molar-refractivity contribution >= 4 is 26.7 Å². The van der Waals surface area contributed by atoms with E-state index in [1.165, 1.54) is 20.3 Å². The maximum atomic E-state index is 13.0. The Morgan fingerprint density at radius 2 is 1.55 bits per heavy atom. The molecule has 0 saturated carbocycles. The molecule has 4 rings (SSSR count). The van der Waals surface area contributed by atoms with Crippen LogP contribution in [-0.2, 0) is 10.0 Å². The second-order valence-corrected chi connectivity index (χ2v) is 9.26. The average Bonchev–Trinajstić information content (AvgIpc) is 2.80. The van der Waals surface area contributed by atoms with Gasteiger partial charge in [-0.2, -0.15) is 0 Å². The van der Waals surface area contributed by atoms with E-state index in [4.69, 9.17) is 13.9 Å². The molecule has 0 spiro atoms. The summed E-state index contributed by atoms with van der Waals surface area (Å²) in [7, 11) is -0.909. The van der Waals surface area contributed by atoms with Gasteiger partial charge in [0.1, 0.15) is 27.7 Å². The maximum Gasteiger partial charge on any atom is 0.265 e. The van der Waals surface area contributed by atoms with Gasteiger partial charge in [-0.15, -0.1) is 0 Å². The molecule has 0 aliphatic heterocycles. The van der Waals surface area contributed by atoms with E-state index in [0.29, 0.717) is 33.7 Å². The number of hydrogen-bond donors (Lipinski definition) is 1. The van der Waals surface area contributed by atoms with Gasteiger partial charge in [-0.3, -0.25) is 9.52 Å². The number of ether oxygens (including phenoxy) is 2. The van der Waals surface area contributed by atoms with Crippen LogP contribution in [0, 0.1) is 13.8 Å². The van der Waals surface area contributed by atoms with Crippen LogP contribution in [0.2, 0.25) is 0 Å². The molecule has 1 heterocycles. The van der Waals surface area contributed by atoms with E-state index in [-0.39, 0.29) is 16.1 Å². The minimum absolute atomic E-state index is 0.0631. The summed E-state index contributed by atoms with van der Waals surface area (Å²) in [5.41, 5.74) is 3.02. The van der Waals surface area contributed by atoms with Crippen molar-refractivity contribution in [3.05, 3.63) is 82.0 Å². The highest BCUT2D eigenvalue weighted by molar-refractivity contribution is 7.92. The zero-order chi connectivity index (χ0) is 23.8. The summed E-state index contributed by atoms with van der Waals surface area (Å²) in [6.45, 7) is 3.73. The molecule has 4 aromatic rings. The molecule has 8 heteroatoms. The molecule has 0 amide bonds. The summed E-state index contributed by atoms with van der Waals surface area (Å²) in [5.74, 6) is 1.22. The van der Waals surface area contributed by atoms with Gasteiger partial charge in [-0.25, -0.2) is 8.42 Å². The molecular weight excluding hydrogens is 442 g/mol. The van der Waals surface area contributed by atoms with E-state index < -0.39 is 10.0 Å². The lowest BCUT2D eigenvalue weighted by molar-refractivity contribution is 0.402. The van der Waals surface area contributed by atoms with Crippen molar-refractivity contribution in [1.29, 1.82) is 0 Å². The zero-order valence-corrected chi connectivity index (χ0v) is 19.4. The van der Waals surface area contributed by atoms with Crippen LogP contribution in [0.5, 0.6) is 11.5 Å². The number of nitrogens with one attached hydrogen (secondary N) is 1. The average molecular weight is 466 g/mol. The molecule has 3 aromatic carbocycles. The lowest BCUT2D eigenvalue weighted by atomic mass is 10.1. The second kappa shape index (κ2) is 8.63. The Bertz CT molecular complexity index is 1500. The summed E-state index contributed by atoms with van der Waals surface area (Å²) in [6, 6.07) is 16.3. The first-order valence-electron chi connectivity index (χ1n) is 10.1. The number of fused-ring (bicyclic) bond motifs is 1. The highest BCUT2D eigenvalue weighted by Crippen LogP contribution is 2.30. The Balaban J connectivity index is 1.64. The molecule has 0 unspecified atom stereocenters. The lowest BCUT2D eigenvalue weighted by Crippen LogP contribution is -2.14. The Morgan fingerprint density at radius 3 is 2.21 bits per heavy atom. The standard InChI is InChI=1S/C25H23NO6S/c1-15-11-24(31-4)25(12-16(15)2)33(28,29)26-18-7-5-17(6-8-18)23-14-21(27)20-13-19(30-3)9-10-22(20)32-23/h5-14,26H,1-4H3. The van der Waals surface area contributed by atoms with E-state index in [9.17, 15) is 13.2 Å². The fraction of sp³-hybridized carbons (Fsp3) is 0.160. The van der Waals surface area contributed by atoms with Crippen molar-refractivity contribution in [2.45, 2.75) is 18.7 Å². The minimum Gasteiger partial charge on any atom is -0.497 e. The molecule has 0 fully saturated rings. The second-order valence-electron chi connectivity index (χ2n) is 7.61. The van der Waals surface area contributed by atoms with Crippen molar-refractivity contribution in [1.82, 2.24) is 0 Å². The number of anilines is 1. The Morgan fingerprint density at radius 1 is 0.848 bits per heavy atom. The lowest BCUT2D eigenvalue weighted by Gasteiger charge is -2.14. The molecule has 0 aliphatic rings. The zero-order valence-electron chi connectivity index (χ0n) is 18.6. The fourth-order valence-electron chi connectivity index (χ4n) is 3.45. The predicted molar refractivity (Wildman–Crippen MR) is 128 cm³/mol. The first kappa shape index (κ1) is 22.4. The largest absolute Gasteiger partial charge is 0.497 e. The maximum absolute atomic E-state index is 13.0. The smallest absolute Gasteiger partial charge is 0.265 e. The topological polar surface area (TPSA) is 94.8 Å². The summed E-state index contributed by atoms with van der Waals surface area (Å²) in [5, 5.41) is 0.421. The molecule has 1 N–H and O–H groups in total. The van der Waals surface area contributed by atoms with Gasteiger partial charge in [0.2, 0.25) is 0 Å². The highest BCUT2D eigenvalue weighted by Gasteiger charge is 2.21. The van der Waals surface area contributed by atoms with E-state index in [0.717, 1.165) is 11.1 Å². The molecule has 0 aliphatic carbocycles. The number of methoxy groups -OCH3 is 2. The number of aryl methyl sites for hydroxylation is 2. The van der Waals surface area contributed by atoms with Crippen LogP contribution in [0.3, 0.4) is 0 Å². The monoisotopic (exact) mass is 465 g/mol. The molecule has 7 nitrogen and oxygen atoms in total. The van der Waals surface area contributed by atoms with Crippen molar-refractivity contribution in [3.63, 3.8) is 0 Å². The van der Waals surface area contributed by atoms with E-state index >= 15 is 0 Å². The summed E-state index contributed by atoms with van der Waals surface area (Å²) < 4.78 is 44.9. The molecule has 0 saturated heterocycles. The van der Waals surface area contributed by atoms with Gasteiger partial charge >= 0.3 is 0 Å². The molecular formula is C25H23NO6S. The third kappa shape index (κ3) is 4.42. The SMILES string of the molecule is COc1ccc2oc(-c3ccc(NS(=O)(=O)c4cc(C)c(C)cc4OC)cc3)cc(=O)c2c1. The van der Waals surface area contributed by atoms with Gasteiger partial charge in [-0.1, -0.05) is 0 Å². The molecule has 0 bridgehead atoms. The van der Waals surface area contributed by atoms with E-state index in [2.05, 4.69) is 4.72 Å². The van der Waals surface area contributed by atoms with Gasteiger partial charge in [0.05, 0.1) is 19.6 Å². The summed E-state index contributed by atoms with van der Waals surface area (Å²) >= 11 is 0. The number of sulfonamides is 1. The summed E-state index contributed by atoms with van der Waals surface area (Å²) in [6.07, 6.45) is 0. The van der Waals surface area contributed by atoms with Gasteiger partial charge < -0.3 is 13.9 Å². The van der Waals surface area contributed by atoms with Crippen molar-refractivity contribution in [2.75, 3.05) is 18.9 Å². The van der Waals surface area contributed by atoms with Gasteiger partial charge in [0.15, 0.2) is 5.43 Å². The van der Waals surface area contributed by atoms with Crippen LogP contribution >= 0.6 is 0 Å². The van der Waals surface area contributed by atoms with Crippen LogP contribution in [-0.4, -0.2) is 22.6 Å². The molecule has 33 heavy (non-hydrogen) atoms. The first-order valence-corrected chi connectivity index (χ1v) is 11.6. The van der Waals surface area contributed by atoms with E-state index in [1.807, 2.05) is 13.8 Å². The van der Waals surface area contributed by atoms with Crippen LogP contribution in [0.4, 0.5) is 5.69 Å². The number of benzene rings is 3. The highest BCUT2D eigenvalue weighted by atomic mass is 32.2. The fourth-order valence-corrected chi connectivity index (χ4v) is 4.75. The third-order valence-corrected chi connectivity index (χ3v) is 6.83. The van der Waals surface area contributed by atoms with Crippen LogP contribution in [0.25, 0.3) is 22.3 Å². The molecule has 1 aromatic heterocycles. The minimum atomic E-state index is -3.88. The Kier molecular flexibility index (Phi) is 5.86. The van der Waals surface area contributed by atoms with Gasteiger partial charge in [-0.05, 0) is 79.6 Å².